The fraction of sp³-hybridized carbons (Fsp3) is 0.571. The fourth-order valence-electron chi connectivity index (χ4n) is 2.11. The van der Waals surface area contributed by atoms with E-state index in [1.807, 2.05) is 12.1 Å². The highest BCUT2D eigenvalue weighted by Gasteiger charge is 2.13. The van der Waals surface area contributed by atoms with Crippen LogP contribution < -0.4 is 14.8 Å². The first kappa shape index (κ1) is 13.2. The summed E-state index contributed by atoms with van der Waals surface area (Å²) >= 11 is 0. The number of fused-ring (bicyclic) bond motifs is 1. The molecule has 2 rings (SSSR count). The van der Waals surface area contributed by atoms with Gasteiger partial charge in [-0.25, -0.2) is 0 Å². The highest BCUT2D eigenvalue weighted by Crippen LogP contribution is 2.32. The van der Waals surface area contributed by atoms with Crippen molar-refractivity contribution in [3.63, 3.8) is 0 Å². The van der Waals surface area contributed by atoms with Gasteiger partial charge in [-0.15, -0.1) is 0 Å². The van der Waals surface area contributed by atoms with Crippen LogP contribution in [0.4, 0.5) is 0 Å². The van der Waals surface area contributed by atoms with Crippen molar-refractivity contribution < 1.29 is 14.2 Å². The summed E-state index contributed by atoms with van der Waals surface area (Å²) in [5.74, 6) is 1.67. The van der Waals surface area contributed by atoms with Gasteiger partial charge >= 0.3 is 0 Å². The van der Waals surface area contributed by atoms with E-state index in [1.165, 1.54) is 5.56 Å². The Morgan fingerprint density at radius 3 is 2.94 bits per heavy atom. The van der Waals surface area contributed by atoms with Crippen LogP contribution in [0.15, 0.2) is 18.2 Å². The molecule has 0 fully saturated rings. The van der Waals surface area contributed by atoms with Crippen LogP contribution in [0.25, 0.3) is 0 Å². The van der Waals surface area contributed by atoms with E-state index in [9.17, 15) is 0 Å². The second-order valence-corrected chi connectivity index (χ2v) is 4.51. The SMILES string of the molecule is CCCC(COC)NCc1ccc2c(c1)OCO2. The molecule has 4 heteroatoms. The van der Waals surface area contributed by atoms with Crippen molar-refractivity contribution in [1.82, 2.24) is 5.32 Å². The van der Waals surface area contributed by atoms with Crippen LogP contribution in [-0.4, -0.2) is 26.6 Å². The molecule has 0 saturated carbocycles. The van der Waals surface area contributed by atoms with Gasteiger partial charge in [0.2, 0.25) is 6.79 Å². The minimum Gasteiger partial charge on any atom is -0.454 e. The number of hydrogen-bond acceptors (Lipinski definition) is 4. The summed E-state index contributed by atoms with van der Waals surface area (Å²) in [7, 11) is 1.74. The molecule has 1 aromatic carbocycles. The highest BCUT2D eigenvalue weighted by atomic mass is 16.7. The van der Waals surface area contributed by atoms with Gasteiger partial charge in [0.05, 0.1) is 6.61 Å². The van der Waals surface area contributed by atoms with Crippen molar-refractivity contribution in [2.75, 3.05) is 20.5 Å². The van der Waals surface area contributed by atoms with Gasteiger partial charge in [-0.05, 0) is 24.1 Å². The molecule has 0 radical (unpaired) electrons. The van der Waals surface area contributed by atoms with E-state index >= 15 is 0 Å². The van der Waals surface area contributed by atoms with Crippen molar-refractivity contribution in [2.45, 2.75) is 32.4 Å². The number of rotatable bonds is 7. The minimum absolute atomic E-state index is 0.328. The highest BCUT2D eigenvalue weighted by molar-refractivity contribution is 5.44. The third-order valence-corrected chi connectivity index (χ3v) is 3.04. The molecule has 0 aliphatic carbocycles. The van der Waals surface area contributed by atoms with E-state index in [1.54, 1.807) is 7.11 Å². The van der Waals surface area contributed by atoms with E-state index in [2.05, 4.69) is 18.3 Å². The zero-order valence-corrected chi connectivity index (χ0v) is 11.1. The predicted octanol–water partition coefficient (Wildman–Crippen LogP) is 2.32. The zero-order valence-electron chi connectivity index (χ0n) is 11.1. The number of methoxy groups -OCH3 is 1. The molecule has 1 aromatic rings. The fourth-order valence-corrected chi connectivity index (χ4v) is 2.11. The van der Waals surface area contributed by atoms with E-state index in [0.717, 1.165) is 37.5 Å². The van der Waals surface area contributed by atoms with E-state index in [-0.39, 0.29) is 0 Å². The quantitative estimate of drug-likeness (QED) is 0.807. The Kier molecular flexibility index (Phi) is 4.84. The van der Waals surface area contributed by atoms with Gasteiger partial charge in [-0.1, -0.05) is 19.4 Å². The molecule has 1 heterocycles. The number of nitrogens with one attached hydrogen (secondary N) is 1. The molecular weight excluding hydrogens is 230 g/mol. The summed E-state index contributed by atoms with van der Waals surface area (Å²) < 4.78 is 15.9. The first-order valence-electron chi connectivity index (χ1n) is 6.44. The second-order valence-electron chi connectivity index (χ2n) is 4.51. The Morgan fingerprint density at radius 2 is 2.17 bits per heavy atom. The molecular formula is C14H21NO3. The Balaban J connectivity index is 1.88. The Hall–Kier alpha value is -1.26. The topological polar surface area (TPSA) is 39.7 Å². The van der Waals surface area contributed by atoms with E-state index in [4.69, 9.17) is 14.2 Å². The minimum atomic E-state index is 0.328. The largest absolute Gasteiger partial charge is 0.454 e. The molecule has 1 aliphatic heterocycles. The Bertz CT molecular complexity index is 375. The van der Waals surface area contributed by atoms with Gasteiger partial charge in [0.15, 0.2) is 11.5 Å². The average Bonchev–Trinajstić information content (AvgIpc) is 2.84. The molecule has 100 valence electrons. The molecule has 18 heavy (non-hydrogen) atoms. The maximum atomic E-state index is 5.37. The lowest BCUT2D eigenvalue weighted by Gasteiger charge is -2.17. The maximum Gasteiger partial charge on any atom is 0.231 e. The molecule has 1 aliphatic rings. The van der Waals surface area contributed by atoms with Gasteiger partial charge in [0, 0.05) is 19.7 Å². The lowest BCUT2D eigenvalue weighted by Crippen LogP contribution is -2.32. The van der Waals surface area contributed by atoms with Gasteiger partial charge in [-0.2, -0.15) is 0 Å². The third kappa shape index (κ3) is 3.37. The Morgan fingerprint density at radius 1 is 1.33 bits per heavy atom. The van der Waals surface area contributed by atoms with Crippen LogP contribution in [0.5, 0.6) is 11.5 Å². The van der Waals surface area contributed by atoms with Crippen LogP contribution in [0.2, 0.25) is 0 Å². The smallest absolute Gasteiger partial charge is 0.231 e. The predicted molar refractivity (Wildman–Crippen MR) is 70.0 cm³/mol. The van der Waals surface area contributed by atoms with Crippen LogP contribution in [0.1, 0.15) is 25.3 Å². The van der Waals surface area contributed by atoms with Crippen molar-refractivity contribution >= 4 is 0 Å². The first-order valence-corrected chi connectivity index (χ1v) is 6.44. The van der Waals surface area contributed by atoms with Gasteiger partial charge < -0.3 is 19.5 Å². The molecule has 0 bridgehead atoms. The van der Waals surface area contributed by atoms with Crippen LogP contribution in [0.3, 0.4) is 0 Å². The molecule has 1 unspecified atom stereocenters. The maximum absolute atomic E-state index is 5.37. The Labute approximate surface area is 108 Å². The van der Waals surface area contributed by atoms with Gasteiger partial charge in [-0.3, -0.25) is 0 Å². The van der Waals surface area contributed by atoms with Crippen molar-refractivity contribution in [1.29, 1.82) is 0 Å². The molecule has 0 saturated heterocycles. The molecule has 0 aromatic heterocycles. The van der Waals surface area contributed by atoms with Gasteiger partial charge in [0.25, 0.3) is 0 Å². The molecule has 0 amide bonds. The van der Waals surface area contributed by atoms with Crippen LogP contribution >= 0.6 is 0 Å². The standard InChI is InChI=1S/C14H21NO3/c1-3-4-12(9-16-2)15-8-11-5-6-13-14(7-11)18-10-17-13/h5-7,12,15H,3-4,8-10H2,1-2H3. The van der Waals surface area contributed by atoms with Crippen molar-refractivity contribution in [3.05, 3.63) is 23.8 Å². The lowest BCUT2D eigenvalue weighted by atomic mass is 10.1. The summed E-state index contributed by atoms with van der Waals surface area (Å²) in [5.41, 5.74) is 1.21. The number of hydrogen-bond donors (Lipinski definition) is 1. The molecule has 1 N–H and O–H groups in total. The second kappa shape index (κ2) is 6.61. The van der Waals surface area contributed by atoms with Crippen molar-refractivity contribution in [3.8, 4) is 11.5 Å². The summed E-state index contributed by atoms with van der Waals surface area (Å²) in [6.07, 6.45) is 2.28. The first-order chi connectivity index (χ1) is 8.83. The van der Waals surface area contributed by atoms with E-state index < -0.39 is 0 Å². The molecule has 1 atom stereocenters. The van der Waals surface area contributed by atoms with Crippen molar-refractivity contribution in [2.24, 2.45) is 0 Å². The normalized spacial score (nSPS) is 14.8. The average molecular weight is 251 g/mol. The number of benzene rings is 1. The van der Waals surface area contributed by atoms with Crippen LogP contribution in [-0.2, 0) is 11.3 Å². The summed E-state index contributed by atoms with van der Waals surface area (Å²) in [6, 6.07) is 6.47. The van der Waals surface area contributed by atoms with E-state index in [0.29, 0.717) is 12.8 Å². The summed E-state index contributed by atoms with van der Waals surface area (Å²) in [4.78, 5) is 0. The summed E-state index contributed by atoms with van der Waals surface area (Å²) in [6.45, 7) is 4.09. The molecule has 0 spiro atoms. The summed E-state index contributed by atoms with van der Waals surface area (Å²) in [5, 5.41) is 3.51. The monoisotopic (exact) mass is 251 g/mol. The zero-order chi connectivity index (χ0) is 12.8. The van der Waals surface area contributed by atoms with Gasteiger partial charge in [0.1, 0.15) is 0 Å². The lowest BCUT2D eigenvalue weighted by molar-refractivity contribution is 0.161. The van der Waals surface area contributed by atoms with Crippen LogP contribution in [0, 0.1) is 0 Å². The third-order valence-electron chi connectivity index (χ3n) is 3.04. The molecule has 4 nitrogen and oxygen atoms in total. The number of ether oxygens (including phenoxy) is 3.